The molecule has 0 aliphatic heterocycles. The number of thioether (sulfide) groups is 1. The molecule has 1 aromatic carbocycles. The highest BCUT2D eigenvalue weighted by Gasteiger charge is 1.92. The first-order valence-electron chi connectivity index (χ1n) is 4.36. The molecule has 2 heteroatoms. The van der Waals surface area contributed by atoms with Gasteiger partial charge in [-0.2, -0.15) is 11.8 Å². The SMILES string of the molecule is C=Cc1ccc(CSCCN)cc1. The van der Waals surface area contributed by atoms with Gasteiger partial charge in [0, 0.05) is 18.1 Å². The van der Waals surface area contributed by atoms with E-state index in [2.05, 4.69) is 30.8 Å². The van der Waals surface area contributed by atoms with Crippen molar-refractivity contribution >= 4 is 17.8 Å². The van der Waals surface area contributed by atoms with Crippen molar-refractivity contribution in [3.63, 3.8) is 0 Å². The molecule has 0 radical (unpaired) electrons. The number of hydrogen-bond donors (Lipinski definition) is 1. The highest BCUT2D eigenvalue weighted by Crippen LogP contribution is 2.12. The molecule has 0 saturated carbocycles. The summed E-state index contributed by atoms with van der Waals surface area (Å²) in [6.07, 6.45) is 1.86. The van der Waals surface area contributed by atoms with E-state index in [0.29, 0.717) is 0 Å². The van der Waals surface area contributed by atoms with Gasteiger partial charge in [0.25, 0.3) is 0 Å². The average molecular weight is 193 g/mol. The van der Waals surface area contributed by atoms with Crippen molar-refractivity contribution < 1.29 is 0 Å². The molecule has 1 aromatic rings. The summed E-state index contributed by atoms with van der Waals surface area (Å²) in [6.45, 7) is 4.47. The Bertz CT molecular complexity index is 253. The second-order valence-electron chi connectivity index (χ2n) is 2.79. The van der Waals surface area contributed by atoms with E-state index in [0.717, 1.165) is 18.1 Å². The predicted octanol–water partition coefficient (Wildman–Crippen LogP) is 2.52. The molecule has 0 unspecified atom stereocenters. The molecule has 0 spiro atoms. The van der Waals surface area contributed by atoms with Crippen molar-refractivity contribution in [1.29, 1.82) is 0 Å². The van der Waals surface area contributed by atoms with Crippen LogP contribution in [0.1, 0.15) is 11.1 Å². The largest absolute Gasteiger partial charge is 0.330 e. The highest BCUT2D eigenvalue weighted by atomic mass is 32.2. The first-order valence-corrected chi connectivity index (χ1v) is 5.51. The van der Waals surface area contributed by atoms with Crippen LogP contribution in [0.15, 0.2) is 30.8 Å². The number of benzene rings is 1. The summed E-state index contributed by atoms with van der Waals surface area (Å²) in [7, 11) is 0. The van der Waals surface area contributed by atoms with Crippen LogP contribution in [0.3, 0.4) is 0 Å². The zero-order chi connectivity index (χ0) is 9.52. The van der Waals surface area contributed by atoms with Crippen molar-refractivity contribution in [1.82, 2.24) is 0 Å². The summed E-state index contributed by atoms with van der Waals surface area (Å²) < 4.78 is 0. The Morgan fingerprint density at radius 1 is 1.31 bits per heavy atom. The van der Waals surface area contributed by atoms with Gasteiger partial charge < -0.3 is 5.73 Å². The van der Waals surface area contributed by atoms with Crippen LogP contribution >= 0.6 is 11.8 Å². The summed E-state index contributed by atoms with van der Waals surface area (Å²) in [5.74, 6) is 2.08. The topological polar surface area (TPSA) is 26.0 Å². The van der Waals surface area contributed by atoms with Crippen LogP contribution in [0.5, 0.6) is 0 Å². The van der Waals surface area contributed by atoms with Crippen molar-refractivity contribution in [2.45, 2.75) is 5.75 Å². The summed E-state index contributed by atoms with van der Waals surface area (Å²) in [6, 6.07) is 8.46. The second kappa shape index (κ2) is 5.84. The molecule has 0 atom stereocenters. The van der Waals surface area contributed by atoms with Gasteiger partial charge in [0.2, 0.25) is 0 Å². The Balaban J connectivity index is 2.44. The quantitative estimate of drug-likeness (QED) is 0.727. The van der Waals surface area contributed by atoms with Gasteiger partial charge in [-0.05, 0) is 11.1 Å². The normalized spacial score (nSPS) is 9.92. The van der Waals surface area contributed by atoms with Crippen LogP contribution < -0.4 is 5.73 Å². The molecule has 0 aliphatic carbocycles. The summed E-state index contributed by atoms with van der Waals surface area (Å²) in [4.78, 5) is 0. The number of rotatable bonds is 5. The van der Waals surface area contributed by atoms with Crippen LogP contribution in [-0.4, -0.2) is 12.3 Å². The molecule has 0 aromatic heterocycles. The fourth-order valence-electron chi connectivity index (χ4n) is 1.02. The monoisotopic (exact) mass is 193 g/mol. The maximum absolute atomic E-state index is 5.40. The second-order valence-corrected chi connectivity index (χ2v) is 3.89. The fourth-order valence-corrected chi connectivity index (χ4v) is 1.76. The molecule has 13 heavy (non-hydrogen) atoms. The summed E-state index contributed by atoms with van der Waals surface area (Å²) >= 11 is 1.87. The minimum absolute atomic E-state index is 0.759. The summed E-state index contributed by atoms with van der Waals surface area (Å²) in [5, 5.41) is 0. The van der Waals surface area contributed by atoms with Crippen molar-refractivity contribution in [2.24, 2.45) is 5.73 Å². The van der Waals surface area contributed by atoms with Gasteiger partial charge in [-0.25, -0.2) is 0 Å². The maximum Gasteiger partial charge on any atom is 0.0185 e. The number of nitrogens with two attached hydrogens (primary N) is 1. The van der Waals surface area contributed by atoms with Crippen molar-refractivity contribution in [3.8, 4) is 0 Å². The highest BCUT2D eigenvalue weighted by molar-refractivity contribution is 7.98. The summed E-state index contributed by atoms with van der Waals surface area (Å²) in [5.41, 5.74) is 7.93. The Hall–Kier alpha value is -0.730. The van der Waals surface area contributed by atoms with E-state index in [-0.39, 0.29) is 0 Å². The van der Waals surface area contributed by atoms with E-state index in [4.69, 9.17) is 5.73 Å². The van der Waals surface area contributed by atoms with E-state index in [1.807, 2.05) is 17.8 Å². The minimum Gasteiger partial charge on any atom is -0.330 e. The third-order valence-corrected chi connectivity index (χ3v) is 2.81. The van der Waals surface area contributed by atoms with E-state index in [1.54, 1.807) is 0 Å². The van der Waals surface area contributed by atoms with Crippen LogP contribution in [0.2, 0.25) is 0 Å². The molecule has 0 aliphatic rings. The van der Waals surface area contributed by atoms with Gasteiger partial charge in [0.05, 0.1) is 0 Å². The first-order chi connectivity index (χ1) is 6.36. The molecule has 0 amide bonds. The molecule has 2 N–H and O–H groups in total. The molecule has 0 fully saturated rings. The van der Waals surface area contributed by atoms with Crippen LogP contribution in [0, 0.1) is 0 Å². The van der Waals surface area contributed by atoms with E-state index in [9.17, 15) is 0 Å². The molecule has 0 heterocycles. The Morgan fingerprint density at radius 3 is 2.54 bits per heavy atom. The third kappa shape index (κ3) is 3.66. The lowest BCUT2D eigenvalue weighted by molar-refractivity contribution is 1.15. The standard InChI is InChI=1S/C11H15NS/c1-2-10-3-5-11(6-4-10)9-13-8-7-12/h2-6H,1,7-9,12H2. The van der Waals surface area contributed by atoms with Crippen LogP contribution in [0.4, 0.5) is 0 Å². The van der Waals surface area contributed by atoms with Gasteiger partial charge in [-0.15, -0.1) is 0 Å². The lowest BCUT2D eigenvalue weighted by atomic mass is 10.1. The van der Waals surface area contributed by atoms with E-state index >= 15 is 0 Å². The Labute approximate surface area is 84.0 Å². The maximum atomic E-state index is 5.40. The van der Waals surface area contributed by atoms with Gasteiger partial charge in [0.15, 0.2) is 0 Å². The van der Waals surface area contributed by atoms with Gasteiger partial charge in [0.1, 0.15) is 0 Å². The van der Waals surface area contributed by atoms with Crippen molar-refractivity contribution in [3.05, 3.63) is 42.0 Å². The lowest BCUT2D eigenvalue weighted by Gasteiger charge is -2.00. The Kier molecular flexibility index (Phi) is 4.65. The smallest absolute Gasteiger partial charge is 0.0185 e. The Morgan fingerprint density at radius 2 is 2.00 bits per heavy atom. The van der Waals surface area contributed by atoms with Gasteiger partial charge in [-0.1, -0.05) is 36.9 Å². The molecule has 1 nitrogen and oxygen atoms in total. The molecule has 1 rings (SSSR count). The predicted molar refractivity (Wildman–Crippen MR) is 61.7 cm³/mol. The molecular weight excluding hydrogens is 178 g/mol. The number of hydrogen-bond acceptors (Lipinski definition) is 2. The van der Waals surface area contributed by atoms with Gasteiger partial charge >= 0.3 is 0 Å². The van der Waals surface area contributed by atoms with Crippen LogP contribution in [0.25, 0.3) is 6.08 Å². The fraction of sp³-hybridized carbons (Fsp3) is 0.273. The molecular formula is C11H15NS. The zero-order valence-electron chi connectivity index (χ0n) is 7.70. The van der Waals surface area contributed by atoms with Crippen molar-refractivity contribution in [2.75, 3.05) is 12.3 Å². The molecule has 70 valence electrons. The average Bonchev–Trinajstić information content (AvgIpc) is 2.19. The molecule has 0 bridgehead atoms. The van der Waals surface area contributed by atoms with E-state index in [1.165, 1.54) is 11.1 Å². The third-order valence-electron chi connectivity index (χ3n) is 1.75. The lowest BCUT2D eigenvalue weighted by Crippen LogP contribution is -2.01. The minimum atomic E-state index is 0.759. The van der Waals surface area contributed by atoms with Crippen LogP contribution in [-0.2, 0) is 5.75 Å². The first kappa shape index (κ1) is 10.4. The van der Waals surface area contributed by atoms with E-state index < -0.39 is 0 Å². The molecule has 0 saturated heterocycles. The van der Waals surface area contributed by atoms with Gasteiger partial charge in [-0.3, -0.25) is 0 Å². The zero-order valence-corrected chi connectivity index (χ0v) is 8.52.